The number of halogens is 6. The molecule has 4 rings (SSSR count). The van der Waals surface area contributed by atoms with Crippen molar-refractivity contribution in [3.8, 4) is 5.75 Å². The number of rotatable bonds is 7. The summed E-state index contributed by atoms with van der Waals surface area (Å²) in [4.78, 5) is 0. The summed E-state index contributed by atoms with van der Waals surface area (Å²) >= 11 is 0. The van der Waals surface area contributed by atoms with E-state index in [1.807, 2.05) is 12.1 Å². The van der Waals surface area contributed by atoms with Gasteiger partial charge in [0.05, 0.1) is 6.10 Å². The summed E-state index contributed by atoms with van der Waals surface area (Å²) in [5.41, 5.74) is -3.18. The Kier molecular flexibility index (Phi) is 7.24. The van der Waals surface area contributed by atoms with Crippen molar-refractivity contribution in [1.82, 2.24) is 0 Å². The van der Waals surface area contributed by atoms with Gasteiger partial charge >= 0.3 is 12.4 Å². The average molecular weight is 535 g/mol. The Morgan fingerprint density at radius 1 is 1.05 bits per heavy atom. The second kappa shape index (κ2) is 9.47. The fraction of sp³-hybridized carbons (Fsp3) is 0.714. The van der Waals surface area contributed by atoms with Crippen LogP contribution in [-0.2, 0) is 6.42 Å². The summed E-state index contributed by atoms with van der Waals surface area (Å²) in [6.07, 6.45) is -6.96. The van der Waals surface area contributed by atoms with E-state index < -0.39 is 36.9 Å². The molecule has 2 saturated carbocycles. The van der Waals surface area contributed by atoms with Crippen molar-refractivity contribution < 1.29 is 41.7 Å². The molecule has 2 unspecified atom stereocenters. The van der Waals surface area contributed by atoms with Crippen LogP contribution in [0.25, 0.3) is 0 Å². The highest BCUT2D eigenvalue weighted by Crippen LogP contribution is 2.69. The van der Waals surface area contributed by atoms with E-state index in [0.717, 1.165) is 30.4 Å². The van der Waals surface area contributed by atoms with Gasteiger partial charge < -0.3 is 15.3 Å². The SMILES string of the molecule is C=C[C@@]12CCc3cc(O)ccc3C1[C@@H](CCCCCC(O)(C(F)(F)F)C(F)(F)F)C[C@@]1(C)C2CC[C@@H]1O. The van der Waals surface area contributed by atoms with Crippen molar-refractivity contribution in [3.05, 3.63) is 42.0 Å². The fourth-order valence-electron chi connectivity index (χ4n) is 8.10. The Bertz CT molecular complexity index is 991. The van der Waals surface area contributed by atoms with E-state index in [0.29, 0.717) is 25.7 Å². The van der Waals surface area contributed by atoms with Gasteiger partial charge in [0.2, 0.25) is 0 Å². The molecule has 0 aromatic heterocycles. The number of alkyl halides is 6. The van der Waals surface area contributed by atoms with Crippen LogP contribution in [0.5, 0.6) is 5.75 Å². The lowest BCUT2D eigenvalue weighted by molar-refractivity contribution is -0.370. The molecule has 3 N–H and O–H groups in total. The van der Waals surface area contributed by atoms with E-state index in [2.05, 4.69) is 13.5 Å². The number of fused-ring (bicyclic) bond motifs is 5. The van der Waals surface area contributed by atoms with E-state index in [4.69, 9.17) is 0 Å². The van der Waals surface area contributed by atoms with Gasteiger partial charge in [-0.3, -0.25) is 0 Å². The van der Waals surface area contributed by atoms with Crippen molar-refractivity contribution in [2.45, 2.75) is 101 Å². The summed E-state index contributed by atoms with van der Waals surface area (Å²) in [7, 11) is 0. The van der Waals surface area contributed by atoms with Crippen molar-refractivity contribution in [3.63, 3.8) is 0 Å². The topological polar surface area (TPSA) is 60.7 Å². The molecule has 3 aliphatic rings. The molecule has 3 nitrogen and oxygen atoms in total. The summed E-state index contributed by atoms with van der Waals surface area (Å²) in [5, 5.41) is 30.5. The first-order chi connectivity index (χ1) is 17.1. The zero-order valence-corrected chi connectivity index (χ0v) is 21.0. The highest BCUT2D eigenvalue weighted by atomic mass is 19.4. The number of aliphatic hydroxyl groups is 2. The Morgan fingerprint density at radius 2 is 1.73 bits per heavy atom. The molecule has 1 aromatic rings. The quantitative estimate of drug-likeness (QED) is 0.197. The number of aryl methyl sites for hydroxylation is 1. The van der Waals surface area contributed by atoms with Crippen LogP contribution in [0.3, 0.4) is 0 Å². The Morgan fingerprint density at radius 3 is 2.35 bits per heavy atom. The lowest BCUT2D eigenvalue weighted by Crippen LogP contribution is -2.56. The number of phenolic OH excluding ortho intramolecular Hbond substituents is 1. The van der Waals surface area contributed by atoms with Crippen LogP contribution in [0.1, 0.15) is 81.8 Å². The third-order valence-electron chi connectivity index (χ3n) is 9.91. The lowest BCUT2D eigenvalue weighted by Gasteiger charge is -2.60. The van der Waals surface area contributed by atoms with Gasteiger partial charge in [0.25, 0.3) is 5.60 Å². The minimum absolute atomic E-state index is 0.0414. The van der Waals surface area contributed by atoms with Crippen molar-refractivity contribution in [2.24, 2.45) is 22.7 Å². The Labute approximate surface area is 213 Å². The molecule has 0 spiro atoms. The number of hydrogen-bond donors (Lipinski definition) is 3. The van der Waals surface area contributed by atoms with E-state index in [1.54, 1.807) is 12.1 Å². The molecule has 0 radical (unpaired) electrons. The van der Waals surface area contributed by atoms with Crippen LogP contribution < -0.4 is 0 Å². The van der Waals surface area contributed by atoms with Crippen LogP contribution in [-0.4, -0.2) is 39.4 Å². The van der Waals surface area contributed by atoms with Gasteiger partial charge in [-0.15, -0.1) is 6.58 Å². The first kappa shape index (κ1) is 28.3. The van der Waals surface area contributed by atoms with Gasteiger partial charge in [-0.05, 0) is 103 Å². The summed E-state index contributed by atoms with van der Waals surface area (Å²) < 4.78 is 78.1. The van der Waals surface area contributed by atoms with E-state index in [-0.39, 0.29) is 40.8 Å². The van der Waals surface area contributed by atoms with Gasteiger partial charge in [0, 0.05) is 0 Å². The zero-order chi connectivity index (χ0) is 27.4. The molecule has 0 aliphatic heterocycles. The van der Waals surface area contributed by atoms with E-state index in [9.17, 15) is 41.7 Å². The lowest BCUT2D eigenvalue weighted by atomic mass is 9.44. The van der Waals surface area contributed by atoms with Gasteiger partial charge in [0.15, 0.2) is 0 Å². The van der Waals surface area contributed by atoms with Gasteiger partial charge in [-0.25, -0.2) is 0 Å². The molecular formula is C28H36F6O3. The normalized spacial score (nSPS) is 34.0. The molecular weight excluding hydrogens is 498 g/mol. The second-order valence-corrected chi connectivity index (χ2v) is 11.7. The molecule has 6 atom stereocenters. The molecule has 0 heterocycles. The van der Waals surface area contributed by atoms with Crippen LogP contribution in [0.4, 0.5) is 26.3 Å². The molecule has 3 aliphatic carbocycles. The highest BCUT2D eigenvalue weighted by Gasteiger charge is 2.69. The molecule has 0 saturated heterocycles. The predicted octanol–water partition coefficient (Wildman–Crippen LogP) is 7.20. The minimum atomic E-state index is -5.79. The molecule has 0 amide bonds. The maximum atomic E-state index is 13.0. The smallest absolute Gasteiger partial charge is 0.426 e. The number of hydrogen-bond acceptors (Lipinski definition) is 3. The minimum Gasteiger partial charge on any atom is -0.508 e. The largest absolute Gasteiger partial charge is 0.508 e. The number of aromatic hydroxyl groups is 1. The zero-order valence-electron chi connectivity index (χ0n) is 21.0. The van der Waals surface area contributed by atoms with Crippen LogP contribution in [0, 0.1) is 22.7 Å². The Hall–Kier alpha value is -1.74. The third kappa shape index (κ3) is 4.48. The average Bonchev–Trinajstić information content (AvgIpc) is 3.11. The number of allylic oxidation sites excluding steroid dienone is 1. The van der Waals surface area contributed by atoms with Crippen molar-refractivity contribution in [1.29, 1.82) is 0 Å². The van der Waals surface area contributed by atoms with Gasteiger partial charge in [-0.1, -0.05) is 31.9 Å². The van der Waals surface area contributed by atoms with Gasteiger partial charge in [0.1, 0.15) is 5.75 Å². The first-order valence-corrected chi connectivity index (χ1v) is 13.1. The summed E-state index contributed by atoms with van der Waals surface area (Å²) in [6, 6.07) is 5.35. The van der Waals surface area contributed by atoms with Gasteiger partial charge in [-0.2, -0.15) is 26.3 Å². The number of phenols is 1. The van der Waals surface area contributed by atoms with Crippen molar-refractivity contribution in [2.75, 3.05) is 0 Å². The standard InChI is InChI=1S/C28H36F6O3/c1-3-25-14-12-17-15-19(35)8-9-20(17)23(25)18(16-24(2)21(25)10-11-22(24)36)7-5-4-6-13-26(37,27(29,30)31)28(32,33)34/h3,8-9,15,18,21-23,35-37H,1,4-7,10-14,16H2,2H3/t18-,21?,22-,23?,24-,25-/m0/s1. The maximum absolute atomic E-state index is 13.0. The second-order valence-electron chi connectivity index (χ2n) is 11.7. The van der Waals surface area contributed by atoms with Crippen molar-refractivity contribution >= 4 is 0 Å². The molecule has 208 valence electrons. The monoisotopic (exact) mass is 534 g/mol. The molecule has 9 heteroatoms. The number of unbranched alkanes of at least 4 members (excludes halogenated alkanes) is 2. The van der Waals surface area contributed by atoms with Crippen LogP contribution in [0.15, 0.2) is 30.9 Å². The first-order valence-electron chi connectivity index (χ1n) is 13.1. The Balaban J connectivity index is 1.56. The molecule has 37 heavy (non-hydrogen) atoms. The number of benzene rings is 1. The molecule has 0 bridgehead atoms. The van der Waals surface area contributed by atoms with E-state index in [1.165, 1.54) is 0 Å². The third-order valence-corrected chi connectivity index (χ3v) is 9.91. The van der Waals surface area contributed by atoms with E-state index >= 15 is 0 Å². The molecule has 1 aromatic carbocycles. The molecule has 2 fully saturated rings. The fourth-order valence-corrected chi connectivity index (χ4v) is 8.10. The predicted molar refractivity (Wildman–Crippen MR) is 127 cm³/mol. The highest BCUT2D eigenvalue weighted by molar-refractivity contribution is 5.43. The summed E-state index contributed by atoms with van der Waals surface area (Å²) in [6.45, 7) is 6.31. The number of aliphatic hydroxyl groups excluding tert-OH is 1. The van der Waals surface area contributed by atoms with Crippen LogP contribution in [0.2, 0.25) is 0 Å². The van der Waals surface area contributed by atoms with Crippen LogP contribution >= 0.6 is 0 Å². The maximum Gasteiger partial charge on any atom is 0.426 e. The summed E-state index contributed by atoms with van der Waals surface area (Å²) in [5.74, 6) is 0.476.